The summed E-state index contributed by atoms with van der Waals surface area (Å²) in [6, 6.07) is 6.63. The summed E-state index contributed by atoms with van der Waals surface area (Å²) in [7, 11) is -4.52. The lowest BCUT2D eigenvalue weighted by atomic mass is 9.95. The number of sulfonamides is 1. The van der Waals surface area contributed by atoms with Gasteiger partial charge >= 0.3 is 0 Å². The number of rotatable bonds is 8. The first kappa shape index (κ1) is 28.7. The highest BCUT2D eigenvalue weighted by Crippen LogP contribution is 2.40. The van der Waals surface area contributed by atoms with Gasteiger partial charge in [-0.15, -0.1) is 0 Å². The molecular formula is C29H34BrF2N5O3S. The molecular weight excluding hydrogens is 616 g/mol. The first-order valence-corrected chi connectivity index (χ1v) is 16.5. The van der Waals surface area contributed by atoms with E-state index in [0.717, 1.165) is 19.4 Å². The maximum absolute atomic E-state index is 16.2. The maximum Gasteiger partial charge on any atom is 0.298 e. The molecule has 3 atom stereocenters. The van der Waals surface area contributed by atoms with Crippen LogP contribution in [0.3, 0.4) is 0 Å². The summed E-state index contributed by atoms with van der Waals surface area (Å²) in [6.45, 7) is 0.757. The van der Waals surface area contributed by atoms with Gasteiger partial charge in [-0.3, -0.25) is 9.48 Å². The van der Waals surface area contributed by atoms with Crippen LogP contribution in [-0.2, 0) is 27.3 Å². The number of halogens is 3. The maximum atomic E-state index is 16.2. The van der Waals surface area contributed by atoms with E-state index in [4.69, 9.17) is 5.73 Å². The predicted octanol–water partition coefficient (Wildman–Crippen LogP) is 4.91. The number of nitrogens with one attached hydrogen (secondary N) is 1. The quantitative estimate of drug-likeness (QED) is 0.360. The first-order valence-electron chi connectivity index (χ1n) is 14.2. The molecule has 3 unspecified atom stereocenters. The second-order valence-electron chi connectivity index (χ2n) is 11.8. The van der Waals surface area contributed by atoms with Crippen LogP contribution in [-0.4, -0.2) is 53.2 Å². The van der Waals surface area contributed by atoms with Crippen molar-refractivity contribution in [2.75, 3.05) is 0 Å². The molecule has 1 saturated carbocycles. The molecule has 2 bridgehead atoms. The molecule has 3 heterocycles. The van der Waals surface area contributed by atoms with Gasteiger partial charge in [0.2, 0.25) is 15.9 Å². The van der Waals surface area contributed by atoms with Crippen molar-refractivity contribution < 1.29 is 22.0 Å². The zero-order valence-corrected chi connectivity index (χ0v) is 25.0. The van der Waals surface area contributed by atoms with Crippen molar-refractivity contribution in [3.8, 4) is 0 Å². The van der Waals surface area contributed by atoms with Crippen LogP contribution in [0.5, 0.6) is 0 Å². The minimum Gasteiger partial charge on any atom is -0.335 e. The fourth-order valence-electron chi connectivity index (χ4n) is 6.84. The second kappa shape index (κ2) is 11.0. The van der Waals surface area contributed by atoms with E-state index >= 15 is 8.78 Å². The van der Waals surface area contributed by atoms with E-state index in [1.54, 1.807) is 12.3 Å². The van der Waals surface area contributed by atoms with Crippen LogP contribution in [0.1, 0.15) is 56.9 Å². The minimum absolute atomic E-state index is 0.111. The van der Waals surface area contributed by atoms with E-state index in [0.29, 0.717) is 47.0 Å². The number of carbonyl (C=O) groups excluding carboxylic acids is 1. The molecule has 2 saturated heterocycles. The zero-order valence-electron chi connectivity index (χ0n) is 22.6. The van der Waals surface area contributed by atoms with E-state index < -0.39 is 33.5 Å². The largest absolute Gasteiger partial charge is 0.335 e. The van der Waals surface area contributed by atoms with E-state index in [1.807, 2.05) is 4.68 Å². The molecule has 3 aromatic rings. The molecule has 6 rings (SSSR count). The number of hydrogen-bond donors (Lipinski definition) is 2. The number of aromatic nitrogens is 2. The van der Waals surface area contributed by atoms with Gasteiger partial charge in [0, 0.05) is 46.3 Å². The summed E-state index contributed by atoms with van der Waals surface area (Å²) in [5.41, 5.74) is 6.32. The van der Waals surface area contributed by atoms with Gasteiger partial charge in [-0.1, -0.05) is 40.9 Å². The number of nitrogens with zero attached hydrogens (tertiary/aromatic N) is 3. The average Bonchev–Trinajstić information content (AvgIpc) is 3.65. The molecule has 12 heteroatoms. The number of hydrogen-bond acceptors (Lipinski definition) is 5. The molecule has 1 amide bonds. The highest BCUT2D eigenvalue weighted by molar-refractivity contribution is 9.10. The van der Waals surface area contributed by atoms with Gasteiger partial charge in [0.15, 0.2) is 6.04 Å². The standard InChI is InChI=1S/C29H34BrF2N5O3S/c30-21-7-5-20(6-8-21)29(31,32)27(28(38)37-23-9-10-24(37)15-22(33)14-23)35-41(39,40)25-11-12-26-19(13-25)17-36(34-26)16-18-3-1-2-4-18/h5-8,11-13,17-18,22-24,27,35H,1-4,9-10,14-16,33H2. The SMILES string of the molecule is NC1CC2CCC(C1)N2C(=O)C(NS(=O)(=O)c1ccc2nn(CC3CCCC3)cc2c1)C(F)(F)c1ccc(Br)cc1. The van der Waals surface area contributed by atoms with Gasteiger partial charge in [-0.05, 0) is 74.8 Å². The normalized spacial score (nSPS) is 24.3. The van der Waals surface area contributed by atoms with Crippen LogP contribution < -0.4 is 10.5 Å². The van der Waals surface area contributed by atoms with Crippen LogP contribution in [0.2, 0.25) is 0 Å². The van der Waals surface area contributed by atoms with Crippen molar-refractivity contribution in [2.45, 2.75) is 92.9 Å². The zero-order chi connectivity index (χ0) is 28.9. The van der Waals surface area contributed by atoms with Crippen molar-refractivity contribution in [3.63, 3.8) is 0 Å². The summed E-state index contributed by atoms with van der Waals surface area (Å²) in [5, 5.41) is 5.17. The molecule has 1 aromatic heterocycles. The Morgan fingerprint density at radius 2 is 1.73 bits per heavy atom. The summed E-state index contributed by atoms with van der Waals surface area (Å²) < 4.78 is 64.2. The minimum atomic E-state index is -4.52. The monoisotopic (exact) mass is 649 g/mol. The Balaban J connectivity index is 1.32. The topological polar surface area (TPSA) is 110 Å². The van der Waals surface area contributed by atoms with Crippen molar-refractivity contribution >= 4 is 42.8 Å². The highest BCUT2D eigenvalue weighted by atomic mass is 79.9. The van der Waals surface area contributed by atoms with Crippen LogP contribution in [0.15, 0.2) is 58.0 Å². The van der Waals surface area contributed by atoms with Crippen LogP contribution >= 0.6 is 15.9 Å². The Hall–Kier alpha value is -2.41. The molecule has 0 radical (unpaired) electrons. The first-order chi connectivity index (χ1) is 19.5. The van der Waals surface area contributed by atoms with E-state index in [1.165, 1.54) is 54.1 Å². The highest BCUT2D eigenvalue weighted by Gasteiger charge is 2.53. The lowest BCUT2D eigenvalue weighted by Crippen LogP contribution is -2.60. The van der Waals surface area contributed by atoms with Gasteiger partial charge in [0.1, 0.15) is 0 Å². The Morgan fingerprint density at radius 1 is 1.07 bits per heavy atom. The smallest absolute Gasteiger partial charge is 0.298 e. The van der Waals surface area contributed by atoms with Crippen molar-refractivity contribution in [2.24, 2.45) is 11.7 Å². The Morgan fingerprint density at radius 3 is 2.39 bits per heavy atom. The van der Waals surface area contributed by atoms with E-state index in [2.05, 4.69) is 25.8 Å². The van der Waals surface area contributed by atoms with Crippen molar-refractivity contribution in [3.05, 3.63) is 58.7 Å². The van der Waals surface area contributed by atoms with Crippen LogP contribution in [0.4, 0.5) is 8.78 Å². The Labute approximate surface area is 246 Å². The fraction of sp³-hybridized carbons (Fsp3) is 0.517. The number of piperidine rings is 1. The van der Waals surface area contributed by atoms with Crippen molar-refractivity contribution in [1.82, 2.24) is 19.4 Å². The van der Waals surface area contributed by atoms with Gasteiger partial charge < -0.3 is 10.6 Å². The van der Waals surface area contributed by atoms with Crippen molar-refractivity contribution in [1.29, 1.82) is 0 Å². The van der Waals surface area contributed by atoms with Crippen LogP contribution in [0, 0.1) is 5.92 Å². The third-order valence-corrected chi connectivity index (χ3v) is 10.8. The number of nitrogens with two attached hydrogens (primary N) is 1. The van der Waals surface area contributed by atoms with E-state index in [-0.39, 0.29) is 23.0 Å². The van der Waals surface area contributed by atoms with Gasteiger partial charge in [-0.2, -0.15) is 18.6 Å². The third-order valence-electron chi connectivity index (χ3n) is 8.89. The number of benzene rings is 2. The second-order valence-corrected chi connectivity index (χ2v) is 14.4. The number of fused-ring (bicyclic) bond motifs is 3. The van der Waals surface area contributed by atoms with Crippen LogP contribution in [0.25, 0.3) is 10.9 Å². The molecule has 3 aliphatic rings. The molecule has 0 spiro atoms. The third kappa shape index (κ3) is 5.68. The summed E-state index contributed by atoms with van der Waals surface area (Å²) >= 11 is 3.25. The van der Waals surface area contributed by atoms with E-state index in [9.17, 15) is 13.2 Å². The summed E-state index contributed by atoms with van der Waals surface area (Å²) in [4.78, 5) is 15.2. The summed E-state index contributed by atoms with van der Waals surface area (Å²) in [6.07, 6.45) is 8.83. The number of alkyl halides is 2. The molecule has 3 fully saturated rings. The van der Waals surface area contributed by atoms with Gasteiger partial charge in [0.05, 0.1) is 10.4 Å². The van der Waals surface area contributed by atoms with Gasteiger partial charge in [0.25, 0.3) is 5.92 Å². The number of carbonyl (C=O) groups is 1. The lowest BCUT2D eigenvalue weighted by Gasteiger charge is -2.41. The molecule has 3 N–H and O–H groups in total. The number of amides is 1. The predicted molar refractivity (Wildman–Crippen MR) is 155 cm³/mol. The Bertz CT molecular complexity index is 1530. The fourth-order valence-corrected chi connectivity index (χ4v) is 8.33. The summed E-state index contributed by atoms with van der Waals surface area (Å²) in [5.74, 6) is -4.20. The molecule has 2 aromatic carbocycles. The molecule has 41 heavy (non-hydrogen) atoms. The Kier molecular flexibility index (Phi) is 7.71. The average molecular weight is 651 g/mol. The molecule has 8 nitrogen and oxygen atoms in total. The lowest BCUT2D eigenvalue weighted by molar-refractivity contribution is -0.149. The van der Waals surface area contributed by atoms with Gasteiger partial charge in [-0.25, -0.2) is 8.42 Å². The molecule has 220 valence electrons. The molecule has 1 aliphatic carbocycles. The molecule has 2 aliphatic heterocycles.